The summed E-state index contributed by atoms with van der Waals surface area (Å²) >= 11 is 13.3. The van der Waals surface area contributed by atoms with Crippen LogP contribution in [0.25, 0.3) is 10.6 Å². The number of hydrogen-bond acceptors (Lipinski definition) is 4. The number of alkyl halides is 2. The maximum Gasteiger partial charge on any atom is 0.235 e. The van der Waals surface area contributed by atoms with Gasteiger partial charge in [0.15, 0.2) is 0 Å². The molecule has 1 atom stereocenters. The van der Waals surface area contributed by atoms with E-state index in [1.54, 1.807) is 6.92 Å². The van der Waals surface area contributed by atoms with Crippen LogP contribution < -0.4 is 5.32 Å². The molecule has 7 heteroatoms. The van der Waals surface area contributed by atoms with Gasteiger partial charge >= 0.3 is 0 Å². The zero-order valence-electron chi connectivity index (χ0n) is 10.6. The van der Waals surface area contributed by atoms with Gasteiger partial charge in [0.2, 0.25) is 11.0 Å². The molecule has 1 fully saturated rings. The van der Waals surface area contributed by atoms with Crippen molar-refractivity contribution in [3.05, 3.63) is 30.3 Å². The van der Waals surface area contributed by atoms with Gasteiger partial charge in [-0.25, -0.2) is 0 Å². The largest absolute Gasteiger partial charge is 0.300 e. The van der Waals surface area contributed by atoms with E-state index >= 15 is 0 Å². The van der Waals surface area contributed by atoms with E-state index in [-0.39, 0.29) is 5.91 Å². The highest BCUT2D eigenvalue weighted by Gasteiger charge is 2.68. The van der Waals surface area contributed by atoms with Gasteiger partial charge in [-0.05, 0) is 13.3 Å². The average molecular weight is 328 g/mol. The summed E-state index contributed by atoms with van der Waals surface area (Å²) < 4.78 is -0.982. The molecule has 104 valence electrons. The zero-order valence-corrected chi connectivity index (χ0v) is 12.9. The third kappa shape index (κ3) is 2.30. The Morgan fingerprint density at radius 2 is 1.95 bits per heavy atom. The lowest BCUT2D eigenvalue weighted by Crippen LogP contribution is -2.25. The molecule has 1 amide bonds. The minimum Gasteiger partial charge on any atom is -0.300 e. The molecule has 3 rings (SSSR count). The number of nitrogens with one attached hydrogen (secondary N) is 1. The maximum atomic E-state index is 12.1. The fraction of sp³-hybridized carbons (Fsp3) is 0.308. The molecule has 1 heterocycles. The minimum atomic E-state index is -0.982. The SMILES string of the molecule is C[C@@]1(C(=O)Nc2nnc(-c3ccccc3)s2)CC1(Cl)Cl. The number of halogens is 2. The van der Waals surface area contributed by atoms with E-state index in [1.165, 1.54) is 11.3 Å². The predicted octanol–water partition coefficient (Wildman–Crippen LogP) is 3.73. The molecule has 0 radical (unpaired) electrons. The lowest BCUT2D eigenvalue weighted by Gasteiger charge is -2.09. The summed E-state index contributed by atoms with van der Waals surface area (Å²) in [7, 11) is 0. The van der Waals surface area contributed by atoms with Gasteiger partial charge in [-0.3, -0.25) is 10.1 Å². The van der Waals surface area contributed by atoms with Crippen LogP contribution in [-0.2, 0) is 4.79 Å². The van der Waals surface area contributed by atoms with Gasteiger partial charge in [0.1, 0.15) is 9.34 Å². The van der Waals surface area contributed by atoms with Crippen molar-refractivity contribution in [2.75, 3.05) is 5.32 Å². The highest BCUT2D eigenvalue weighted by Crippen LogP contribution is 2.64. The Morgan fingerprint density at radius 1 is 1.30 bits per heavy atom. The van der Waals surface area contributed by atoms with E-state index in [9.17, 15) is 4.79 Å². The van der Waals surface area contributed by atoms with Gasteiger partial charge in [-0.2, -0.15) is 0 Å². The third-order valence-electron chi connectivity index (χ3n) is 3.43. The number of amides is 1. The Hall–Kier alpha value is -1.17. The number of rotatable bonds is 3. The van der Waals surface area contributed by atoms with Gasteiger partial charge in [0, 0.05) is 5.56 Å². The Bertz CT molecular complexity index is 659. The summed E-state index contributed by atoms with van der Waals surface area (Å²) in [4.78, 5) is 12.1. The molecule has 0 aliphatic heterocycles. The number of anilines is 1. The topological polar surface area (TPSA) is 54.9 Å². The van der Waals surface area contributed by atoms with E-state index in [1.807, 2.05) is 30.3 Å². The molecule has 1 aromatic heterocycles. The normalized spacial score (nSPS) is 23.4. The van der Waals surface area contributed by atoms with Crippen molar-refractivity contribution in [1.82, 2.24) is 10.2 Å². The molecule has 0 bridgehead atoms. The van der Waals surface area contributed by atoms with E-state index in [0.29, 0.717) is 11.6 Å². The summed E-state index contributed by atoms with van der Waals surface area (Å²) in [5.41, 5.74) is 0.210. The van der Waals surface area contributed by atoms with Crippen molar-refractivity contribution >= 4 is 45.6 Å². The Balaban J connectivity index is 1.74. The summed E-state index contributed by atoms with van der Waals surface area (Å²) in [6.45, 7) is 1.74. The van der Waals surface area contributed by atoms with Gasteiger partial charge in [-0.15, -0.1) is 33.4 Å². The first-order valence-corrected chi connectivity index (χ1v) is 7.58. The number of carbonyl (C=O) groups excluding carboxylic acids is 1. The van der Waals surface area contributed by atoms with Crippen molar-refractivity contribution in [1.29, 1.82) is 0 Å². The van der Waals surface area contributed by atoms with E-state index in [4.69, 9.17) is 23.2 Å². The predicted molar refractivity (Wildman–Crippen MR) is 81.1 cm³/mol. The van der Waals surface area contributed by atoms with E-state index in [2.05, 4.69) is 15.5 Å². The minimum absolute atomic E-state index is 0.224. The molecule has 1 aliphatic carbocycles. The van der Waals surface area contributed by atoms with Crippen LogP contribution in [0.2, 0.25) is 0 Å². The van der Waals surface area contributed by atoms with E-state index < -0.39 is 9.75 Å². The fourth-order valence-corrected chi connectivity index (χ4v) is 3.30. The molecule has 0 saturated heterocycles. The van der Waals surface area contributed by atoms with Gasteiger partial charge < -0.3 is 0 Å². The van der Waals surface area contributed by atoms with Crippen LogP contribution in [0.4, 0.5) is 5.13 Å². The van der Waals surface area contributed by atoms with Crippen LogP contribution in [0.5, 0.6) is 0 Å². The smallest absolute Gasteiger partial charge is 0.235 e. The summed E-state index contributed by atoms with van der Waals surface area (Å²) in [5.74, 6) is -0.224. The van der Waals surface area contributed by atoms with Crippen molar-refractivity contribution in [3.63, 3.8) is 0 Å². The standard InChI is InChI=1S/C13H11Cl2N3OS/c1-12(7-13(12,14)15)10(19)16-11-18-17-9(20-11)8-5-3-2-4-6-8/h2-6H,7H2,1H3,(H,16,18,19)/t12-/m0/s1. The molecule has 1 aliphatic rings. The second kappa shape index (κ2) is 4.69. The average Bonchev–Trinajstić information content (AvgIpc) is 2.78. The molecular weight excluding hydrogens is 317 g/mol. The van der Waals surface area contributed by atoms with E-state index in [0.717, 1.165) is 10.6 Å². The zero-order chi connectivity index (χ0) is 14.4. The summed E-state index contributed by atoms with van der Waals surface area (Å²) in [6, 6.07) is 9.67. The molecule has 4 nitrogen and oxygen atoms in total. The number of aromatic nitrogens is 2. The summed E-state index contributed by atoms with van der Waals surface area (Å²) in [5, 5.41) is 12.0. The molecule has 0 spiro atoms. The fourth-order valence-electron chi connectivity index (χ4n) is 1.85. The van der Waals surface area contributed by atoms with Gasteiger partial charge in [0.05, 0.1) is 5.41 Å². The Labute approximate surface area is 130 Å². The monoisotopic (exact) mass is 327 g/mol. The molecule has 1 aromatic carbocycles. The maximum absolute atomic E-state index is 12.1. The third-order valence-corrected chi connectivity index (χ3v) is 5.41. The van der Waals surface area contributed by atoms with Crippen LogP contribution in [0.15, 0.2) is 30.3 Å². The second-order valence-corrected chi connectivity index (χ2v) is 7.41. The highest BCUT2D eigenvalue weighted by atomic mass is 35.5. The van der Waals surface area contributed by atoms with Crippen LogP contribution in [0, 0.1) is 5.41 Å². The molecule has 1 N–H and O–H groups in total. The van der Waals surface area contributed by atoms with Gasteiger partial charge in [-0.1, -0.05) is 41.7 Å². The van der Waals surface area contributed by atoms with Crippen molar-refractivity contribution in [2.24, 2.45) is 5.41 Å². The lowest BCUT2D eigenvalue weighted by atomic mass is 10.1. The first-order chi connectivity index (χ1) is 9.42. The van der Waals surface area contributed by atoms with Crippen molar-refractivity contribution in [2.45, 2.75) is 17.7 Å². The van der Waals surface area contributed by atoms with Crippen LogP contribution in [0.1, 0.15) is 13.3 Å². The molecule has 0 unspecified atom stereocenters. The summed E-state index contributed by atoms with van der Waals surface area (Å²) in [6.07, 6.45) is 0.444. The Morgan fingerprint density at radius 3 is 2.55 bits per heavy atom. The number of nitrogens with zero attached hydrogens (tertiary/aromatic N) is 2. The van der Waals surface area contributed by atoms with Crippen molar-refractivity contribution in [3.8, 4) is 10.6 Å². The molecular formula is C13H11Cl2N3OS. The highest BCUT2D eigenvalue weighted by molar-refractivity contribution is 7.18. The van der Waals surface area contributed by atoms with Crippen molar-refractivity contribution < 1.29 is 4.79 Å². The van der Waals surface area contributed by atoms with Gasteiger partial charge in [0.25, 0.3) is 0 Å². The van der Waals surface area contributed by atoms with Crippen LogP contribution in [0.3, 0.4) is 0 Å². The van der Waals surface area contributed by atoms with Crippen LogP contribution >= 0.6 is 34.5 Å². The van der Waals surface area contributed by atoms with Crippen LogP contribution in [-0.4, -0.2) is 20.4 Å². The second-order valence-electron chi connectivity index (χ2n) is 4.95. The molecule has 20 heavy (non-hydrogen) atoms. The number of benzene rings is 1. The molecule has 1 saturated carbocycles. The Kier molecular flexibility index (Phi) is 3.23. The first kappa shape index (κ1) is 13.8. The number of carbonyl (C=O) groups is 1. The number of hydrogen-bond donors (Lipinski definition) is 1. The lowest BCUT2D eigenvalue weighted by molar-refractivity contribution is -0.120. The quantitative estimate of drug-likeness (QED) is 0.874. The molecule has 2 aromatic rings. The first-order valence-electron chi connectivity index (χ1n) is 6.01.